The number of piperidine rings is 1. The van der Waals surface area contributed by atoms with E-state index in [-0.39, 0.29) is 5.54 Å². The van der Waals surface area contributed by atoms with Gasteiger partial charge in [-0.2, -0.15) is 4.98 Å². The lowest BCUT2D eigenvalue weighted by atomic mass is 9.91. The molecule has 1 N–H and O–H groups in total. The van der Waals surface area contributed by atoms with Gasteiger partial charge in [0.05, 0.1) is 5.54 Å². The van der Waals surface area contributed by atoms with Crippen molar-refractivity contribution >= 4 is 0 Å². The molecule has 2 heterocycles. The summed E-state index contributed by atoms with van der Waals surface area (Å²) in [6.07, 6.45) is 3.46. The number of hydrogen-bond acceptors (Lipinski definition) is 4. The fraction of sp³-hybridized carbons (Fsp3) is 0.529. The van der Waals surface area contributed by atoms with Crippen molar-refractivity contribution in [3.63, 3.8) is 0 Å². The van der Waals surface area contributed by atoms with Crippen molar-refractivity contribution in [1.82, 2.24) is 15.5 Å². The molecule has 1 unspecified atom stereocenters. The first-order valence-electron chi connectivity index (χ1n) is 7.78. The molecule has 4 nitrogen and oxygen atoms in total. The Morgan fingerprint density at radius 3 is 2.57 bits per heavy atom. The smallest absolute Gasteiger partial charge is 0.246 e. The quantitative estimate of drug-likeness (QED) is 0.930. The van der Waals surface area contributed by atoms with Crippen LogP contribution in [0.3, 0.4) is 0 Å². The summed E-state index contributed by atoms with van der Waals surface area (Å²) in [5, 5.41) is 7.66. The molecule has 112 valence electrons. The highest BCUT2D eigenvalue weighted by atomic mass is 16.5. The second-order valence-electron chi connectivity index (χ2n) is 6.42. The topological polar surface area (TPSA) is 51.0 Å². The third-order valence-corrected chi connectivity index (χ3v) is 4.35. The fourth-order valence-electron chi connectivity index (χ4n) is 2.82. The minimum absolute atomic E-state index is 0.179. The Morgan fingerprint density at radius 2 is 1.95 bits per heavy atom. The summed E-state index contributed by atoms with van der Waals surface area (Å²) < 4.78 is 5.52. The zero-order valence-corrected chi connectivity index (χ0v) is 13.0. The van der Waals surface area contributed by atoms with Crippen molar-refractivity contribution in [2.45, 2.75) is 51.5 Å². The van der Waals surface area contributed by atoms with Crippen molar-refractivity contribution in [3.8, 4) is 11.4 Å². The zero-order chi connectivity index (χ0) is 14.9. The average molecular weight is 285 g/mol. The van der Waals surface area contributed by atoms with E-state index in [0.29, 0.717) is 17.6 Å². The number of aromatic nitrogens is 2. The van der Waals surface area contributed by atoms with Gasteiger partial charge in [0.2, 0.25) is 11.7 Å². The molecule has 2 aromatic rings. The molecule has 1 atom stereocenters. The normalized spacial score (nSPS) is 22.7. The van der Waals surface area contributed by atoms with Gasteiger partial charge in [0.25, 0.3) is 0 Å². The van der Waals surface area contributed by atoms with E-state index in [1.807, 2.05) is 0 Å². The maximum atomic E-state index is 5.52. The van der Waals surface area contributed by atoms with Crippen LogP contribution in [0.2, 0.25) is 0 Å². The van der Waals surface area contributed by atoms with Gasteiger partial charge < -0.3 is 9.84 Å². The van der Waals surface area contributed by atoms with Gasteiger partial charge in [-0.15, -0.1) is 0 Å². The van der Waals surface area contributed by atoms with Gasteiger partial charge in [0.1, 0.15) is 0 Å². The monoisotopic (exact) mass is 285 g/mol. The molecule has 21 heavy (non-hydrogen) atoms. The molecule has 0 bridgehead atoms. The molecule has 3 rings (SSSR count). The first-order valence-corrected chi connectivity index (χ1v) is 7.78. The summed E-state index contributed by atoms with van der Waals surface area (Å²) >= 11 is 0. The van der Waals surface area contributed by atoms with Crippen LogP contribution in [-0.2, 0) is 5.54 Å². The number of nitrogens with zero attached hydrogens (tertiary/aromatic N) is 2. The maximum Gasteiger partial charge on any atom is 0.246 e. The Labute approximate surface area is 126 Å². The van der Waals surface area contributed by atoms with Crippen LogP contribution in [0, 0.1) is 0 Å². The standard InChI is InChI=1S/C17H23N3O/c1-12(2)13-6-8-14(9-7-13)15-19-16(21-20-15)17(3)10-4-5-11-18-17/h6-9,12,18H,4-5,10-11H2,1-3H3. The summed E-state index contributed by atoms with van der Waals surface area (Å²) in [6, 6.07) is 8.41. The van der Waals surface area contributed by atoms with Crippen molar-refractivity contribution in [3.05, 3.63) is 35.7 Å². The van der Waals surface area contributed by atoms with Crippen LogP contribution in [0.25, 0.3) is 11.4 Å². The van der Waals surface area contributed by atoms with Crippen LogP contribution in [0.5, 0.6) is 0 Å². The highest BCUT2D eigenvalue weighted by molar-refractivity contribution is 5.55. The molecule has 0 aliphatic carbocycles. The van der Waals surface area contributed by atoms with E-state index < -0.39 is 0 Å². The minimum Gasteiger partial charge on any atom is -0.337 e. The molecule has 1 aliphatic heterocycles. The summed E-state index contributed by atoms with van der Waals surface area (Å²) in [5.41, 5.74) is 2.15. The van der Waals surface area contributed by atoms with Crippen LogP contribution in [-0.4, -0.2) is 16.7 Å². The van der Waals surface area contributed by atoms with E-state index >= 15 is 0 Å². The molecular weight excluding hydrogens is 262 g/mol. The van der Waals surface area contributed by atoms with Crippen molar-refractivity contribution in [2.24, 2.45) is 0 Å². The van der Waals surface area contributed by atoms with E-state index in [4.69, 9.17) is 4.52 Å². The third kappa shape index (κ3) is 2.86. The number of rotatable bonds is 3. The molecule has 0 amide bonds. The Balaban J connectivity index is 1.84. The first-order chi connectivity index (χ1) is 10.1. The molecule has 1 aliphatic rings. The largest absolute Gasteiger partial charge is 0.337 e. The van der Waals surface area contributed by atoms with Gasteiger partial charge in [0, 0.05) is 5.56 Å². The molecule has 1 aromatic heterocycles. The fourth-order valence-corrected chi connectivity index (χ4v) is 2.82. The maximum absolute atomic E-state index is 5.52. The van der Waals surface area contributed by atoms with Crippen LogP contribution >= 0.6 is 0 Å². The second kappa shape index (κ2) is 5.60. The van der Waals surface area contributed by atoms with Gasteiger partial charge in [-0.05, 0) is 44.2 Å². The number of hydrogen-bond donors (Lipinski definition) is 1. The molecule has 1 fully saturated rings. The highest BCUT2D eigenvalue weighted by Gasteiger charge is 2.34. The number of benzene rings is 1. The SMILES string of the molecule is CC(C)c1ccc(-c2noc(C3(C)CCCCN3)n2)cc1. The Morgan fingerprint density at radius 1 is 1.19 bits per heavy atom. The molecule has 1 aromatic carbocycles. The zero-order valence-electron chi connectivity index (χ0n) is 13.0. The summed E-state index contributed by atoms with van der Waals surface area (Å²) in [5.74, 6) is 1.91. The van der Waals surface area contributed by atoms with Crippen molar-refractivity contribution < 1.29 is 4.52 Å². The van der Waals surface area contributed by atoms with Gasteiger partial charge in [-0.1, -0.05) is 43.3 Å². The summed E-state index contributed by atoms with van der Waals surface area (Å²) in [4.78, 5) is 4.61. The Hall–Kier alpha value is -1.68. The van der Waals surface area contributed by atoms with Crippen molar-refractivity contribution in [1.29, 1.82) is 0 Å². The van der Waals surface area contributed by atoms with Crippen LogP contribution in [0.4, 0.5) is 0 Å². The third-order valence-electron chi connectivity index (χ3n) is 4.35. The number of nitrogens with one attached hydrogen (secondary N) is 1. The van der Waals surface area contributed by atoms with Gasteiger partial charge in [-0.3, -0.25) is 0 Å². The predicted octanol–water partition coefficient (Wildman–Crippen LogP) is 3.85. The van der Waals surface area contributed by atoms with Crippen molar-refractivity contribution in [2.75, 3.05) is 6.54 Å². The van der Waals surface area contributed by atoms with E-state index in [1.165, 1.54) is 18.4 Å². The van der Waals surface area contributed by atoms with E-state index in [0.717, 1.165) is 18.5 Å². The molecule has 0 radical (unpaired) electrons. The predicted molar refractivity (Wildman–Crippen MR) is 83.0 cm³/mol. The second-order valence-corrected chi connectivity index (χ2v) is 6.42. The van der Waals surface area contributed by atoms with Crippen LogP contribution in [0.15, 0.2) is 28.8 Å². The summed E-state index contributed by atoms with van der Waals surface area (Å²) in [6.45, 7) is 7.54. The first kappa shape index (κ1) is 14.3. The van der Waals surface area contributed by atoms with Gasteiger partial charge >= 0.3 is 0 Å². The molecular formula is C17H23N3O. The van der Waals surface area contributed by atoms with Gasteiger partial charge in [-0.25, -0.2) is 0 Å². The van der Waals surface area contributed by atoms with E-state index in [1.54, 1.807) is 0 Å². The molecule has 1 saturated heterocycles. The van der Waals surface area contributed by atoms with Gasteiger partial charge in [0.15, 0.2) is 0 Å². The lowest BCUT2D eigenvalue weighted by Gasteiger charge is -2.31. The van der Waals surface area contributed by atoms with E-state index in [9.17, 15) is 0 Å². The lowest BCUT2D eigenvalue weighted by Crippen LogP contribution is -2.43. The lowest BCUT2D eigenvalue weighted by molar-refractivity contribution is 0.207. The molecule has 4 heteroatoms. The van der Waals surface area contributed by atoms with Crippen LogP contribution < -0.4 is 5.32 Å². The Kier molecular flexibility index (Phi) is 3.81. The van der Waals surface area contributed by atoms with Crippen LogP contribution in [0.1, 0.15) is 57.4 Å². The Bertz CT molecular complexity index is 595. The molecule has 0 spiro atoms. The highest BCUT2D eigenvalue weighted by Crippen LogP contribution is 2.30. The average Bonchev–Trinajstić information content (AvgIpc) is 2.99. The van der Waals surface area contributed by atoms with E-state index in [2.05, 4.69) is 60.5 Å². The minimum atomic E-state index is -0.179. The molecule has 0 saturated carbocycles. The summed E-state index contributed by atoms with van der Waals surface area (Å²) in [7, 11) is 0.